The number of aromatic nitrogens is 1. The largest absolute Gasteiger partial charge is 0.355 e. The van der Waals surface area contributed by atoms with E-state index in [4.69, 9.17) is 11.6 Å². The van der Waals surface area contributed by atoms with Gasteiger partial charge in [-0.3, -0.25) is 19.4 Å². The number of nitrogens with zero attached hydrogens (tertiary/aromatic N) is 2. The molecular weight excluding hydrogens is 374 g/mol. The van der Waals surface area contributed by atoms with Crippen LogP contribution in [-0.2, 0) is 6.54 Å². The van der Waals surface area contributed by atoms with Gasteiger partial charge in [-0.1, -0.05) is 23.7 Å². The first kappa shape index (κ1) is 20.8. The number of hydrogen-bond donors (Lipinski definition) is 1. The number of piperazine rings is 1. The summed E-state index contributed by atoms with van der Waals surface area (Å²) in [6, 6.07) is 7.74. The van der Waals surface area contributed by atoms with E-state index in [-0.39, 0.29) is 17.6 Å². The smallest absolute Gasteiger partial charge is 0.196 e. The minimum atomic E-state index is -0.218. The lowest BCUT2D eigenvalue weighted by molar-refractivity contribution is 0.0683. The van der Waals surface area contributed by atoms with Crippen LogP contribution in [-0.4, -0.2) is 58.6 Å². The summed E-state index contributed by atoms with van der Waals surface area (Å²) in [4.78, 5) is 32.6. The lowest BCUT2D eigenvalue weighted by Crippen LogP contribution is -2.51. The molecule has 0 saturated carbocycles. The zero-order valence-electron chi connectivity index (χ0n) is 17.0. The molecule has 150 valence electrons. The molecule has 0 radical (unpaired) electrons. The summed E-state index contributed by atoms with van der Waals surface area (Å²) in [6.07, 6.45) is 0. The summed E-state index contributed by atoms with van der Waals surface area (Å²) in [6.45, 7) is 11.6. The number of rotatable bonds is 6. The number of aryl methyl sites for hydroxylation is 1. The zero-order chi connectivity index (χ0) is 20.4. The quantitative estimate of drug-likeness (QED) is 0.746. The molecule has 0 aliphatic carbocycles. The Bertz CT molecular complexity index is 882. The van der Waals surface area contributed by atoms with E-state index in [0.29, 0.717) is 11.3 Å². The van der Waals surface area contributed by atoms with Crippen LogP contribution in [0.5, 0.6) is 0 Å². The highest BCUT2D eigenvalue weighted by atomic mass is 35.5. The van der Waals surface area contributed by atoms with Crippen LogP contribution in [0.15, 0.2) is 24.3 Å². The Morgan fingerprint density at radius 1 is 1.18 bits per heavy atom. The van der Waals surface area contributed by atoms with Crippen LogP contribution in [0.3, 0.4) is 0 Å². The predicted molar refractivity (Wildman–Crippen MR) is 112 cm³/mol. The second-order valence-corrected chi connectivity index (χ2v) is 8.10. The molecule has 1 aliphatic rings. The van der Waals surface area contributed by atoms with Gasteiger partial charge in [-0.25, -0.2) is 0 Å². The molecule has 28 heavy (non-hydrogen) atoms. The molecule has 0 unspecified atom stereocenters. The maximum atomic E-state index is 13.1. The topological polar surface area (TPSA) is 56.4 Å². The Labute approximate surface area is 171 Å². The summed E-state index contributed by atoms with van der Waals surface area (Å²) in [5.41, 5.74) is 3.95. The van der Waals surface area contributed by atoms with E-state index in [9.17, 15) is 9.59 Å². The molecule has 5 nitrogen and oxygen atoms in total. The fraction of sp³-hybridized carbons (Fsp3) is 0.455. The van der Waals surface area contributed by atoms with Crippen molar-refractivity contribution in [2.24, 2.45) is 0 Å². The van der Waals surface area contributed by atoms with Gasteiger partial charge in [0.2, 0.25) is 0 Å². The Balaban J connectivity index is 1.62. The van der Waals surface area contributed by atoms with Crippen LogP contribution in [0, 0.1) is 13.8 Å². The van der Waals surface area contributed by atoms with Crippen molar-refractivity contribution in [3.8, 4) is 0 Å². The first-order valence-electron chi connectivity index (χ1n) is 9.73. The van der Waals surface area contributed by atoms with Gasteiger partial charge in [0.25, 0.3) is 0 Å². The first-order chi connectivity index (χ1) is 13.3. The normalized spacial score (nSPS) is 16.9. The van der Waals surface area contributed by atoms with Crippen molar-refractivity contribution >= 4 is 23.2 Å². The van der Waals surface area contributed by atoms with Crippen molar-refractivity contribution in [2.45, 2.75) is 40.3 Å². The standard InChI is InChI=1S/C22H28ClN3O2/c1-14-20(17(4)27)15(2)24-21(14)22(28)16(3)26-10-8-25(9-11-26)13-18-6-5-7-19(23)12-18/h5-7,12,16,24H,8-11,13H2,1-4H3/t16-/m0/s1. The summed E-state index contributed by atoms with van der Waals surface area (Å²) >= 11 is 6.08. The number of benzene rings is 1. The molecular formula is C22H28ClN3O2. The molecule has 0 amide bonds. The Morgan fingerprint density at radius 3 is 2.43 bits per heavy atom. The van der Waals surface area contributed by atoms with Crippen molar-refractivity contribution in [1.29, 1.82) is 0 Å². The van der Waals surface area contributed by atoms with Gasteiger partial charge in [0.1, 0.15) is 0 Å². The third kappa shape index (κ3) is 4.37. The molecule has 0 spiro atoms. The lowest BCUT2D eigenvalue weighted by Gasteiger charge is -2.37. The van der Waals surface area contributed by atoms with Crippen LogP contribution < -0.4 is 0 Å². The van der Waals surface area contributed by atoms with E-state index in [1.54, 1.807) is 6.92 Å². The minimum absolute atomic E-state index is 0.00687. The van der Waals surface area contributed by atoms with Gasteiger partial charge in [-0.2, -0.15) is 0 Å². The number of Topliss-reactive ketones (excluding diaryl/α,β-unsaturated/α-hetero) is 2. The molecule has 1 aromatic carbocycles. The highest BCUT2D eigenvalue weighted by molar-refractivity contribution is 6.30. The van der Waals surface area contributed by atoms with E-state index in [1.165, 1.54) is 5.56 Å². The SMILES string of the molecule is CC(=O)c1c(C)[nH]c(C(=O)[C@H](C)N2CCN(Cc3cccc(Cl)c3)CC2)c1C. The van der Waals surface area contributed by atoms with Gasteiger partial charge in [0, 0.05) is 49.0 Å². The van der Waals surface area contributed by atoms with Crippen LogP contribution in [0.1, 0.15) is 51.5 Å². The van der Waals surface area contributed by atoms with Gasteiger partial charge < -0.3 is 4.98 Å². The third-order valence-electron chi connectivity index (χ3n) is 5.67. The van der Waals surface area contributed by atoms with E-state index in [1.807, 2.05) is 39.0 Å². The van der Waals surface area contributed by atoms with E-state index < -0.39 is 0 Å². The molecule has 2 heterocycles. The van der Waals surface area contributed by atoms with Crippen molar-refractivity contribution in [3.05, 3.63) is 57.4 Å². The summed E-state index contributed by atoms with van der Waals surface area (Å²) in [5, 5.41) is 0.761. The van der Waals surface area contributed by atoms with Crippen molar-refractivity contribution in [2.75, 3.05) is 26.2 Å². The Kier molecular flexibility index (Phi) is 6.38. The minimum Gasteiger partial charge on any atom is -0.355 e. The van der Waals surface area contributed by atoms with Crippen LogP contribution >= 0.6 is 11.6 Å². The molecule has 1 atom stereocenters. The highest BCUT2D eigenvalue weighted by Gasteiger charge is 2.29. The van der Waals surface area contributed by atoms with Crippen LogP contribution in [0.4, 0.5) is 0 Å². The van der Waals surface area contributed by atoms with Crippen LogP contribution in [0.2, 0.25) is 5.02 Å². The number of hydrogen-bond acceptors (Lipinski definition) is 4. The van der Waals surface area contributed by atoms with Gasteiger partial charge >= 0.3 is 0 Å². The monoisotopic (exact) mass is 401 g/mol. The molecule has 1 aromatic heterocycles. The van der Waals surface area contributed by atoms with Crippen LogP contribution in [0.25, 0.3) is 0 Å². The van der Waals surface area contributed by atoms with Gasteiger partial charge in [0.05, 0.1) is 11.7 Å². The number of ketones is 2. The average Bonchev–Trinajstić information content (AvgIpc) is 2.95. The fourth-order valence-electron chi connectivity index (χ4n) is 4.10. The number of halogens is 1. The van der Waals surface area contributed by atoms with Gasteiger partial charge in [0.15, 0.2) is 11.6 Å². The van der Waals surface area contributed by atoms with Gasteiger partial charge in [-0.15, -0.1) is 0 Å². The van der Waals surface area contributed by atoms with E-state index in [0.717, 1.165) is 49.0 Å². The number of aromatic amines is 1. The first-order valence-corrected chi connectivity index (χ1v) is 10.1. The highest BCUT2D eigenvalue weighted by Crippen LogP contribution is 2.22. The van der Waals surface area contributed by atoms with Crippen molar-refractivity contribution < 1.29 is 9.59 Å². The number of carbonyl (C=O) groups is 2. The summed E-state index contributed by atoms with van der Waals surface area (Å²) in [7, 11) is 0. The molecule has 3 rings (SSSR count). The molecule has 1 N–H and O–H groups in total. The van der Waals surface area contributed by atoms with Crippen molar-refractivity contribution in [3.63, 3.8) is 0 Å². The summed E-state index contributed by atoms with van der Waals surface area (Å²) in [5.74, 6) is 0.0453. The maximum absolute atomic E-state index is 13.1. The number of nitrogens with one attached hydrogen (secondary N) is 1. The Morgan fingerprint density at radius 2 is 1.86 bits per heavy atom. The molecule has 2 aromatic rings. The van der Waals surface area contributed by atoms with E-state index in [2.05, 4.69) is 20.9 Å². The number of H-pyrrole nitrogens is 1. The third-order valence-corrected chi connectivity index (χ3v) is 5.90. The molecule has 1 fully saturated rings. The molecule has 0 bridgehead atoms. The van der Waals surface area contributed by atoms with Gasteiger partial charge in [-0.05, 0) is 51.0 Å². The predicted octanol–water partition coefficient (Wildman–Crippen LogP) is 3.88. The lowest BCUT2D eigenvalue weighted by atomic mass is 10.0. The molecule has 1 aliphatic heterocycles. The Hall–Kier alpha value is -1.95. The van der Waals surface area contributed by atoms with E-state index >= 15 is 0 Å². The number of carbonyl (C=O) groups excluding carboxylic acids is 2. The summed E-state index contributed by atoms with van der Waals surface area (Å²) < 4.78 is 0. The molecule has 1 saturated heterocycles. The van der Waals surface area contributed by atoms with Crippen molar-refractivity contribution in [1.82, 2.24) is 14.8 Å². The zero-order valence-corrected chi connectivity index (χ0v) is 17.8. The second kappa shape index (κ2) is 8.60. The fourth-order valence-corrected chi connectivity index (χ4v) is 4.31. The average molecular weight is 402 g/mol. The second-order valence-electron chi connectivity index (χ2n) is 7.66. The maximum Gasteiger partial charge on any atom is 0.196 e. The molecule has 6 heteroatoms.